The van der Waals surface area contributed by atoms with Gasteiger partial charge in [0.1, 0.15) is 5.78 Å². The Balaban J connectivity index is 1.92. The molecule has 0 radical (unpaired) electrons. The Labute approximate surface area is 109 Å². The Hall–Kier alpha value is -1.19. The molecular formula is C15H21NO2. The van der Waals surface area contributed by atoms with E-state index in [2.05, 4.69) is 23.5 Å². The number of rotatable bonds is 6. The molecule has 2 rings (SSSR count). The van der Waals surface area contributed by atoms with Crippen LogP contribution in [0.1, 0.15) is 36.5 Å². The minimum atomic E-state index is -0.0305. The molecule has 1 unspecified atom stereocenters. The molecule has 0 amide bonds. The van der Waals surface area contributed by atoms with Gasteiger partial charge < -0.3 is 10.1 Å². The van der Waals surface area contributed by atoms with Crippen LogP contribution in [-0.2, 0) is 16.0 Å². The number of carbonyl (C=O) groups excluding carboxylic acids is 1. The summed E-state index contributed by atoms with van der Waals surface area (Å²) in [6.45, 7) is 1.62. The van der Waals surface area contributed by atoms with E-state index in [1.54, 1.807) is 0 Å². The van der Waals surface area contributed by atoms with E-state index >= 15 is 0 Å². The Kier molecular flexibility index (Phi) is 4.90. The smallest absolute Gasteiger partial charge is 0.135 e. The second-order valence-electron chi connectivity index (χ2n) is 4.76. The molecule has 18 heavy (non-hydrogen) atoms. The van der Waals surface area contributed by atoms with Crippen molar-refractivity contribution < 1.29 is 9.53 Å². The minimum Gasteiger partial charge on any atom is -0.373 e. The molecule has 1 heterocycles. The number of fused-ring (bicyclic) bond motifs is 1. The Morgan fingerprint density at radius 3 is 3.11 bits per heavy atom. The summed E-state index contributed by atoms with van der Waals surface area (Å²) in [5.41, 5.74) is 2.53. The van der Waals surface area contributed by atoms with Crippen molar-refractivity contribution >= 4 is 5.78 Å². The van der Waals surface area contributed by atoms with Gasteiger partial charge in [0.15, 0.2) is 0 Å². The molecule has 0 aromatic heterocycles. The van der Waals surface area contributed by atoms with Gasteiger partial charge in [0.2, 0.25) is 0 Å². The first-order valence-electron chi connectivity index (χ1n) is 6.67. The van der Waals surface area contributed by atoms with Crippen LogP contribution in [0.4, 0.5) is 0 Å². The summed E-state index contributed by atoms with van der Waals surface area (Å²) >= 11 is 0. The summed E-state index contributed by atoms with van der Waals surface area (Å²) in [5, 5.41) is 3.06. The van der Waals surface area contributed by atoms with Gasteiger partial charge in [-0.2, -0.15) is 0 Å². The molecule has 1 aliphatic rings. The molecule has 3 heteroatoms. The molecule has 0 saturated carbocycles. The first-order chi connectivity index (χ1) is 8.81. The van der Waals surface area contributed by atoms with Gasteiger partial charge in [-0.25, -0.2) is 0 Å². The molecule has 1 aromatic carbocycles. The van der Waals surface area contributed by atoms with Gasteiger partial charge in [0.25, 0.3) is 0 Å². The summed E-state index contributed by atoms with van der Waals surface area (Å²) in [6.07, 6.45) is 2.99. The van der Waals surface area contributed by atoms with Gasteiger partial charge in [0.05, 0.1) is 12.7 Å². The number of ketones is 1. The molecular weight excluding hydrogens is 226 g/mol. The van der Waals surface area contributed by atoms with Crippen molar-refractivity contribution in [1.82, 2.24) is 5.32 Å². The van der Waals surface area contributed by atoms with E-state index in [1.165, 1.54) is 11.1 Å². The molecule has 1 N–H and O–H groups in total. The van der Waals surface area contributed by atoms with E-state index in [1.807, 2.05) is 13.1 Å². The number of nitrogens with one attached hydrogen (secondary N) is 1. The average molecular weight is 247 g/mol. The van der Waals surface area contributed by atoms with E-state index in [0.717, 1.165) is 26.0 Å². The monoisotopic (exact) mass is 247 g/mol. The fraction of sp³-hybridized carbons (Fsp3) is 0.533. The largest absolute Gasteiger partial charge is 0.373 e. The molecule has 98 valence electrons. The highest BCUT2D eigenvalue weighted by Gasteiger charge is 2.22. The number of benzene rings is 1. The van der Waals surface area contributed by atoms with Gasteiger partial charge in [-0.05, 0) is 37.6 Å². The molecule has 0 bridgehead atoms. The first-order valence-corrected chi connectivity index (χ1v) is 6.67. The standard InChI is InChI=1S/C15H21NO2/c1-16-9-4-6-13(17)11-15-14-7-3-2-5-12(14)8-10-18-15/h2-3,5,7,15-16H,4,6,8-11H2,1H3. The Morgan fingerprint density at radius 1 is 1.44 bits per heavy atom. The maximum atomic E-state index is 11.9. The molecule has 1 aromatic rings. The Bertz CT molecular complexity index is 403. The number of carbonyl (C=O) groups is 1. The normalized spacial score (nSPS) is 18.4. The van der Waals surface area contributed by atoms with Crippen LogP contribution in [0.2, 0.25) is 0 Å². The van der Waals surface area contributed by atoms with Gasteiger partial charge in [-0.1, -0.05) is 24.3 Å². The van der Waals surface area contributed by atoms with E-state index < -0.39 is 0 Å². The van der Waals surface area contributed by atoms with Gasteiger partial charge in [-0.15, -0.1) is 0 Å². The van der Waals surface area contributed by atoms with Gasteiger partial charge >= 0.3 is 0 Å². The maximum absolute atomic E-state index is 11.9. The molecule has 0 saturated heterocycles. The molecule has 0 spiro atoms. The molecule has 3 nitrogen and oxygen atoms in total. The van der Waals surface area contributed by atoms with Crippen molar-refractivity contribution in [3.63, 3.8) is 0 Å². The summed E-state index contributed by atoms with van der Waals surface area (Å²) in [6, 6.07) is 8.29. The van der Waals surface area contributed by atoms with Gasteiger partial charge in [0, 0.05) is 12.8 Å². The third-order valence-corrected chi connectivity index (χ3v) is 3.39. The lowest BCUT2D eigenvalue weighted by Crippen LogP contribution is -2.19. The first kappa shape index (κ1) is 13.2. The van der Waals surface area contributed by atoms with Crippen molar-refractivity contribution in [3.05, 3.63) is 35.4 Å². The highest BCUT2D eigenvalue weighted by molar-refractivity contribution is 5.79. The van der Waals surface area contributed by atoms with Crippen molar-refractivity contribution in [2.75, 3.05) is 20.2 Å². The van der Waals surface area contributed by atoms with Crippen LogP contribution >= 0.6 is 0 Å². The maximum Gasteiger partial charge on any atom is 0.135 e. The molecule has 1 atom stereocenters. The second kappa shape index (κ2) is 6.66. The predicted molar refractivity (Wildman–Crippen MR) is 71.6 cm³/mol. The Morgan fingerprint density at radius 2 is 2.28 bits per heavy atom. The summed E-state index contributed by atoms with van der Waals surface area (Å²) < 4.78 is 5.74. The van der Waals surface area contributed by atoms with Crippen LogP contribution in [0.25, 0.3) is 0 Å². The third kappa shape index (κ3) is 3.40. The average Bonchev–Trinajstić information content (AvgIpc) is 2.39. The lowest BCUT2D eigenvalue weighted by molar-refractivity contribution is -0.122. The van der Waals surface area contributed by atoms with Crippen LogP contribution in [0.15, 0.2) is 24.3 Å². The van der Waals surface area contributed by atoms with Crippen LogP contribution in [0.5, 0.6) is 0 Å². The second-order valence-corrected chi connectivity index (χ2v) is 4.76. The fourth-order valence-corrected chi connectivity index (χ4v) is 2.42. The van der Waals surface area contributed by atoms with Gasteiger partial charge in [-0.3, -0.25) is 4.79 Å². The van der Waals surface area contributed by atoms with Crippen LogP contribution in [0.3, 0.4) is 0 Å². The summed E-state index contributed by atoms with van der Waals surface area (Å²) in [4.78, 5) is 11.9. The fourth-order valence-electron chi connectivity index (χ4n) is 2.42. The van der Waals surface area contributed by atoms with Crippen molar-refractivity contribution in [2.45, 2.75) is 31.8 Å². The lowest BCUT2D eigenvalue weighted by Gasteiger charge is -2.25. The SMILES string of the molecule is CNCCCC(=O)CC1OCCc2ccccc21. The number of ether oxygens (including phenoxy) is 1. The zero-order valence-corrected chi connectivity index (χ0v) is 10.9. The summed E-state index contributed by atoms with van der Waals surface area (Å²) in [5.74, 6) is 0.298. The molecule has 1 aliphatic heterocycles. The quantitative estimate of drug-likeness (QED) is 0.784. The topological polar surface area (TPSA) is 38.3 Å². The van der Waals surface area contributed by atoms with Crippen molar-refractivity contribution in [2.24, 2.45) is 0 Å². The lowest BCUT2D eigenvalue weighted by atomic mass is 9.94. The zero-order valence-electron chi connectivity index (χ0n) is 10.9. The van der Waals surface area contributed by atoms with Crippen molar-refractivity contribution in [3.8, 4) is 0 Å². The summed E-state index contributed by atoms with van der Waals surface area (Å²) in [7, 11) is 1.91. The predicted octanol–water partition coefficient (Wildman–Crippen LogP) is 2.26. The minimum absolute atomic E-state index is 0.0305. The van der Waals surface area contributed by atoms with Crippen molar-refractivity contribution in [1.29, 1.82) is 0 Å². The molecule has 0 fully saturated rings. The van der Waals surface area contributed by atoms with Crippen LogP contribution in [-0.4, -0.2) is 26.0 Å². The van der Waals surface area contributed by atoms with E-state index in [-0.39, 0.29) is 6.10 Å². The zero-order chi connectivity index (χ0) is 12.8. The van der Waals surface area contributed by atoms with E-state index in [0.29, 0.717) is 18.6 Å². The van der Waals surface area contributed by atoms with Crippen LogP contribution in [0, 0.1) is 0 Å². The highest BCUT2D eigenvalue weighted by Crippen LogP contribution is 2.29. The number of hydrogen-bond acceptors (Lipinski definition) is 3. The molecule has 0 aliphatic carbocycles. The number of Topliss-reactive ketones (excluding diaryl/α,β-unsaturated/α-hetero) is 1. The van der Waals surface area contributed by atoms with Crippen LogP contribution < -0.4 is 5.32 Å². The highest BCUT2D eigenvalue weighted by atomic mass is 16.5. The number of hydrogen-bond donors (Lipinski definition) is 1. The van der Waals surface area contributed by atoms with E-state index in [4.69, 9.17) is 4.74 Å². The third-order valence-electron chi connectivity index (χ3n) is 3.39. The van der Waals surface area contributed by atoms with E-state index in [9.17, 15) is 4.79 Å².